The molecular formula is C18H18BrN3O3S. The van der Waals surface area contributed by atoms with Crippen LogP contribution >= 0.6 is 28.1 Å². The lowest BCUT2D eigenvalue weighted by Gasteiger charge is -2.12. The molecule has 8 heteroatoms. The summed E-state index contributed by atoms with van der Waals surface area (Å²) in [5, 5.41) is 2.45. The molecule has 0 atom stereocenters. The molecule has 3 N–H and O–H groups in total. The second-order valence-corrected chi connectivity index (χ2v) is 6.81. The van der Waals surface area contributed by atoms with E-state index in [1.807, 2.05) is 32.0 Å². The molecule has 0 fully saturated rings. The van der Waals surface area contributed by atoms with E-state index in [0.29, 0.717) is 15.8 Å². The second kappa shape index (κ2) is 9.30. The lowest BCUT2D eigenvalue weighted by atomic mass is 10.1. The average Bonchev–Trinajstić information content (AvgIpc) is 2.57. The normalized spacial score (nSPS) is 9.96. The number of nitrogens with one attached hydrogen (secondary N) is 3. The van der Waals surface area contributed by atoms with Gasteiger partial charge in [-0.05, 0) is 77.4 Å². The first-order valence-corrected chi connectivity index (χ1v) is 8.91. The van der Waals surface area contributed by atoms with Crippen LogP contribution in [-0.2, 0) is 4.79 Å². The molecule has 0 bridgehead atoms. The summed E-state index contributed by atoms with van der Waals surface area (Å²) < 4.78 is 6.08. The molecule has 136 valence electrons. The van der Waals surface area contributed by atoms with Gasteiger partial charge in [0.15, 0.2) is 11.7 Å². The Morgan fingerprint density at radius 3 is 2.38 bits per heavy atom. The van der Waals surface area contributed by atoms with Gasteiger partial charge in [0.25, 0.3) is 11.8 Å². The Bertz CT molecular complexity index is 822. The number of amides is 2. The zero-order valence-electron chi connectivity index (χ0n) is 14.3. The third kappa shape index (κ3) is 6.12. The molecule has 0 spiro atoms. The lowest BCUT2D eigenvalue weighted by molar-refractivity contribution is -0.123. The molecule has 0 unspecified atom stereocenters. The first kappa shape index (κ1) is 19.9. The Labute approximate surface area is 165 Å². The van der Waals surface area contributed by atoms with Gasteiger partial charge in [-0.2, -0.15) is 0 Å². The van der Waals surface area contributed by atoms with Crippen LogP contribution < -0.4 is 20.9 Å². The number of carbonyl (C=O) groups is 2. The van der Waals surface area contributed by atoms with Gasteiger partial charge in [-0.1, -0.05) is 18.2 Å². The van der Waals surface area contributed by atoms with E-state index in [2.05, 4.69) is 32.1 Å². The number of hydrazine groups is 1. The summed E-state index contributed by atoms with van der Waals surface area (Å²) in [5.74, 6) is -0.209. The van der Waals surface area contributed by atoms with Gasteiger partial charge in [-0.3, -0.25) is 25.8 Å². The summed E-state index contributed by atoms with van der Waals surface area (Å²) in [7, 11) is 0. The molecular weight excluding hydrogens is 418 g/mol. The first-order valence-electron chi connectivity index (χ1n) is 7.71. The van der Waals surface area contributed by atoms with E-state index in [4.69, 9.17) is 17.0 Å². The molecule has 26 heavy (non-hydrogen) atoms. The SMILES string of the molecule is Cc1cc(C)cc(OCC(=O)NNC(=S)NC(=O)c2ccccc2Br)c1. The Morgan fingerprint density at radius 1 is 1.08 bits per heavy atom. The van der Waals surface area contributed by atoms with Gasteiger partial charge >= 0.3 is 0 Å². The number of carbonyl (C=O) groups excluding carboxylic acids is 2. The monoisotopic (exact) mass is 435 g/mol. The molecule has 0 aliphatic rings. The van der Waals surface area contributed by atoms with Crippen LogP contribution in [0.15, 0.2) is 46.9 Å². The van der Waals surface area contributed by atoms with Crippen LogP contribution in [0.2, 0.25) is 0 Å². The van der Waals surface area contributed by atoms with E-state index in [-0.39, 0.29) is 11.7 Å². The summed E-state index contributed by atoms with van der Waals surface area (Å²) in [5.41, 5.74) is 7.37. The number of rotatable bonds is 4. The number of hydrogen-bond acceptors (Lipinski definition) is 4. The topological polar surface area (TPSA) is 79.5 Å². The van der Waals surface area contributed by atoms with Crippen LogP contribution in [-0.4, -0.2) is 23.5 Å². The Balaban J connectivity index is 1.77. The Hall–Kier alpha value is -2.45. The van der Waals surface area contributed by atoms with Crippen molar-refractivity contribution < 1.29 is 14.3 Å². The van der Waals surface area contributed by atoms with Crippen molar-refractivity contribution in [3.63, 3.8) is 0 Å². The van der Waals surface area contributed by atoms with E-state index >= 15 is 0 Å². The maximum Gasteiger partial charge on any atom is 0.276 e. The molecule has 0 radical (unpaired) electrons. The third-order valence-electron chi connectivity index (χ3n) is 3.23. The van der Waals surface area contributed by atoms with Crippen molar-refractivity contribution in [1.82, 2.24) is 16.2 Å². The quantitative estimate of drug-likeness (QED) is 0.508. The fraction of sp³-hybridized carbons (Fsp3) is 0.167. The van der Waals surface area contributed by atoms with Gasteiger partial charge in [0.05, 0.1) is 5.56 Å². The van der Waals surface area contributed by atoms with Crippen molar-refractivity contribution in [1.29, 1.82) is 0 Å². The molecule has 0 saturated carbocycles. The van der Waals surface area contributed by atoms with Crippen LogP contribution in [0.4, 0.5) is 0 Å². The fourth-order valence-electron chi connectivity index (χ4n) is 2.17. The zero-order valence-corrected chi connectivity index (χ0v) is 16.7. The molecule has 0 aliphatic carbocycles. The van der Waals surface area contributed by atoms with Crippen LogP contribution in [0, 0.1) is 13.8 Å². The molecule has 6 nitrogen and oxygen atoms in total. The van der Waals surface area contributed by atoms with Gasteiger partial charge in [0.1, 0.15) is 5.75 Å². The maximum atomic E-state index is 12.1. The van der Waals surface area contributed by atoms with E-state index in [9.17, 15) is 9.59 Å². The van der Waals surface area contributed by atoms with Crippen LogP contribution in [0.25, 0.3) is 0 Å². The van der Waals surface area contributed by atoms with E-state index < -0.39 is 11.8 Å². The largest absolute Gasteiger partial charge is 0.484 e. The summed E-state index contributed by atoms with van der Waals surface area (Å²) in [6, 6.07) is 12.6. The average molecular weight is 436 g/mol. The zero-order chi connectivity index (χ0) is 19.1. The molecule has 0 heterocycles. The highest BCUT2D eigenvalue weighted by molar-refractivity contribution is 9.10. The highest BCUT2D eigenvalue weighted by atomic mass is 79.9. The molecule has 0 saturated heterocycles. The Kier molecular flexibility index (Phi) is 7.11. The second-order valence-electron chi connectivity index (χ2n) is 5.55. The van der Waals surface area contributed by atoms with Gasteiger partial charge in [-0.25, -0.2) is 0 Å². The molecule has 2 aromatic carbocycles. The van der Waals surface area contributed by atoms with Crippen molar-refractivity contribution in [3.8, 4) is 5.75 Å². The van der Waals surface area contributed by atoms with Gasteiger partial charge in [0, 0.05) is 4.47 Å². The summed E-state index contributed by atoms with van der Waals surface area (Å²) >= 11 is 8.28. The van der Waals surface area contributed by atoms with E-state index in [0.717, 1.165) is 11.1 Å². The smallest absolute Gasteiger partial charge is 0.276 e. The number of halogens is 1. The van der Waals surface area contributed by atoms with Crippen molar-refractivity contribution in [2.45, 2.75) is 13.8 Å². The summed E-state index contributed by atoms with van der Waals surface area (Å²) in [6.45, 7) is 3.72. The van der Waals surface area contributed by atoms with E-state index in [1.165, 1.54) is 0 Å². The van der Waals surface area contributed by atoms with E-state index in [1.54, 1.807) is 24.3 Å². The van der Waals surface area contributed by atoms with Crippen molar-refractivity contribution in [3.05, 3.63) is 63.6 Å². The van der Waals surface area contributed by atoms with Crippen LogP contribution in [0.3, 0.4) is 0 Å². The predicted molar refractivity (Wildman–Crippen MR) is 107 cm³/mol. The van der Waals surface area contributed by atoms with Gasteiger partial charge in [-0.15, -0.1) is 0 Å². The first-order chi connectivity index (χ1) is 12.3. The predicted octanol–water partition coefficient (Wildman–Crippen LogP) is 2.78. The number of thiocarbonyl (C=S) groups is 1. The van der Waals surface area contributed by atoms with Crippen molar-refractivity contribution in [2.24, 2.45) is 0 Å². The third-order valence-corrected chi connectivity index (χ3v) is 4.12. The Morgan fingerprint density at radius 2 is 1.73 bits per heavy atom. The maximum absolute atomic E-state index is 12.1. The van der Waals surface area contributed by atoms with Crippen LogP contribution in [0.1, 0.15) is 21.5 Å². The summed E-state index contributed by atoms with van der Waals surface area (Å²) in [4.78, 5) is 23.9. The lowest BCUT2D eigenvalue weighted by Crippen LogP contribution is -2.49. The minimum atomic E-state index is -0.429. The van der Waals surface area contributed by atoms with Crippen molar-refractivity contribution in [2.75, 3.05) is 6.61 Å². The highest BCUT2D eigenvalue weighted by Crippen LogP contribution is 2.16. The molecule has 2 aromatic rings. The highest BCUT2D eigenvalue weighted by Gasteiger charge is 2.11. The molecule has 0 aliphatic heterocycles. The minimum absolute atomic E-state index is 0.0227. The molecule has 2 rings (SSSR count). The number of benzene rings is 2. The van der Waals surface area contributed by atoms with Crippen molar-refractivity contribution >= 4 is 45.1 Å². The number of aryl methyl sites for hydroxylation is 2. The minimum Gasteiger partial charge on any atom is -0.484 e. The number of ether oxygens (including phenoxy) is 1. The standard InChI is InChI=1S/C18H18BrN3O3S/c1-11-7-12(2)9-13(8-11)25-10-16(23)21-22-18(26)20-17(24)14-5-3-4-6-15(14)19/h3-9H,10H2,1-2H3,(H,21,23)(H2,20,22,24,26). The molecule has 2 amide bonds. The van der Waals surface area contributed by atoms with Crippen LogP contribution in [0.5, 0.6) is 5.75 Å². The molecule has 0 aromatic heterocycles. The van der Waals surface area contributed by atoms with Gasteiger partial charge in [0.2, 0.25) is 0 Å². The number of hydrogen-bond donors (Lipinski definition) is 3. The fourth-order valence-corrected chi connectivity index (χ4v) is 2.78. The summed E-state index contributed by atoms with van der Waals surface area (Å²) in [6.07, 6.45) is 0. The van der Waals surface area contributed by atoms with Gasteiger partial charge < -0.3 is 4.74 Å².